The lowest BCUT2D eigenvalue weighted by molar-refractivity contribution is -0.0589. The van der Waals surface area contributed by atoms with Crippen LogP contribution in [0.3, 0.4) is 0 Å². The second-order valence-electron chi connectivity index (χ2n) is 4.66. The van der Waals surface area contributed by atoms with Crippen LogP contribution in [-0.2, 0) is 4.84 Å². The predicted octanol–water partition coefficient (Wildman–Crippen LogP) is 2.59. The van der Waals surface area contributed by atoms with Crippen LogP contribution in [0.2, 0.25) is 0 Å². The predicted molar refractivity (Wildman–Crippen MR) is 59.4 cm³/mol. The van der Waals surface area contributed by atoms with Crippen molar-refractivity contribution >= 4 is 5.91 Å². The standard InChI is InChI=1S/C12H16FNO2/c1-8-5-9(7-10(13)6-8)11(15)14-16-12(2,3)4/h5-7H,1-4H3,(H,14,15). The monoisotopic (exact) mass is 225 g/mol. The van der Waals surface area contributed by atoms with Crippen molar-refractivity contribution in [3.8, 4) is 0 Å². The number of amides is 1. The summed E-state index contributed by atoms with van der Waals surface area (Å²) in [5.74, 6) is -0.876. The Balaban J connectivity index is 2.73. The number of hydrogen-bond acceptors (Lipinski definition) is 2. The third-order valence-corrected chi connectivity index (χ3v) is 1.75. The molecule has 16 heavy (non-hydrogen) atoms. The van der Waals surface area contributed by atoms with E-state index in [4.69, 9.17) is 4.84 Å². The first-order valence-corrected chi connectivity index (χ1v) is 5.03. The summed E-state index contributed by atoms with van der Waals surface area (Å²) in [7, 11) is 0. The molecule has 1 N–H and O–H groups in total. The summed E-state index contributed by atoms with van der Waals surface area (Å²) >= 11 is 0. The van der Waals surface area contributed by atoms with Gasteiger partial charge in [-0.15, -0.1) is 0 Å². The van der Waals surface area contributed by atoms with Crippen molar-refractivity contribution in [3.05, 3.63) is 35.1 Å². The molecular formula is C12H16FNO2. The zero-order valence-electron chi connectivity index (χ0n) is 9.93. The van der Waals surface area contributed by atoms with E-state index in [1.165, 1.54) is 12.1 Å². The number of halogens is 1. The fourth-order valence-corrected chi connectivity index (χ4v) is 1.13. The van der Waals surface area contributed by atoms with E-state index >= 15 is 0 Å². The van der Waals surface area contributed by atoms with Crippen molar-refractivity contribution in [2.45, 2.75) is 33.3 Å². The molecule has 0 saturated carbocycles. The Morgan fingerprint density at radius 3 is 2.44 bits per heavy atom. The van der Waals surface area contributed by atoms with Gasteiger partial charge in [-0.3, -0.25) is 9.63 Å². The molecule has 4 heteroatoms. The van der Waals surface area contributed by atoms with Gasteiger partial charge in [0.05, 0.1) is 5.60 Å². The lowest BCUT2D eigenvalue weighted by atomic mass is 10.1. The molecule has 88 valence electrons. The minimum atomic E-state index is -0.474. The van der Waals surface area contributed by atoms with Gasteiger partial charge >= 0.3 is 0 Å². The molecule has 1 aromatic rings. The third kappa shape index (κ3) is 3.98. The van der Waals surface area contributed by atoms with Gasteiger partial charge in [-0.25, -0.2) is 9.87 Å². The molecule has 1 amide bonds. The summed E-state index contributed by atoms with van der Waals surface area (Å²) in [6, 6.07) is 4.14. The van der Waals surface area contributed by atoms with Gasteiger partial charge in [0.1, 0.15) is 5.82 Å². The van der Waals surface area contributed by atoms with E-state index in [0.717, 1.165) is 0 Å². The highest BCUT2D eigenvalue weighted by atomic mass is 19.1. The van der Waals surface area contributed by atoms with E-state index in [2.05, 4.69) is 5.48 Å². The molecule has 1 rings (SSSR count). The van der Waals surface area contributed by atoms with Gasteiger partial charge in [0.15, 0.2) is 0 Å². The molecule has 0 aromatic heterocycles. The minimum absolute atomic E-state index is 0.252. The molecule has 1 aromatic carbocycles. The first-order chi connectivity index (χ1) is 7.28. The summed E-state index contributed by atoms with van der Waals surface area (Å²) in [4.78, 5) is 16.7. The Kier molecular flexibility index (Phi) is 3.65. The Hall–Kier alpha value is -1.42. The second kappa shape index (κ2) is 4.61. The van der Waals surface area contributed by atoms with Crippen molar-refractivity contribution < 1.29 is 14.0 Å². The van der Waals surface area contributed by atoms with Crippen LogP contribution >= 0.6 is 0 Å². The van der Waals surface area contributed by atoms with E-state index in [9.17, 15) is 9.18 Å². The Morgan fingerprint density at radius 2 is 1.94 bits per heavy atom. The number of carbonyl (C=O) groups excluding carboxylic acids is 1. The Morgan fingerprint density at radius 1 is 1.31 bits per heavy atom. The highest BCUT2D eigenvalue weighted by molar-refractivity contribution is 5.93. The van der Waals surface area contributed by atoms with Gasteiger partial charge in [0.25, 0.3) is 5.91 Å². The normalized spacial score (nSPS) is 11.3. The van der Waals surface area contributed by atoms with Gasteiger partial charge in [-0.05, 0) is 51.5 Å². The second-order valence-corrected chi connectivity index (χ2v) is 4.66. The van der Waals surface area contributed by atoms with E-state index in [0.29, 0.717) is 5.56 Å². The lowest BCUT2D eigenvalue weighted by Gasteiger charge is -2.18. The fraction of sp³-hybridized carbons (Fsp3) is 0.417. The average Bonchev–Trinajstić information content (AvgIpc) is 2.11. The van der Waals surface area contributed by atoms with Crippen LogP contribution in [0, 0.1) is 12.7 Å². The van der Waals surface area contributed by atoms with Crippen LogP contribution in [0.15, 0.2) is 18.2 Å². The molecule has 0 aliphatic heterocycles. The highest BCUT2D eigenvalue weighted by Gasteiger charge is 2.14. The number of hydrogen-bond donors (Lipinski definition) is 1. The molecule has 0 saturated heterocycles. The fourth-order valence-electron chi connectivity index (χ4n) is 1.13. The molecule has 0 fully saturated rings. The van der Waals surface area contributed by atoms with E-state index in [-0.39, 0.29) is 5.56 Å². The van der Waals surface area contributed by atoms with Gasteiger partial charge in [0.2, 0.25) is 0 Å². The lowest BCUT2D eigenvalue weighted by Crippen LogP contribution is -2.33. The molecule has 0 aliphatic carbocycles. The minimum Gasteiger partial charge on any atom is -0.268 e. The number of nitrogens with one attached hydrogen (secondary N) is 1. The van der Waals surface area contributed by atoms with Gasteiger partial charge in [0, 0.05) is 5.56 Å². The van der Waals surface area contributed by atoms with Gasteiger partial charge in [-0.1, -0.05) is 0 Å². The molecule has 0 radical (unpaired) electrons. The van der Waals surface area contributed by atoms with Gasteiger partial charge < -0.3 is 0 Å². The summed E-state index contributed by atoms with van der Waals surface area (Å²) in [5.41, 5.74) is 2.76. The first kappa shape index (κ1) is 12.6. The van der Waals surface area contributed by atoms with E-state index in [1.807, 2.05) is 20.8 Å². The topological polar surface area (TPSA) is 38.3 Å². The maximum absolute atomic E-state index is 13.0. The van der Waals surface area contributed by atoms with Crippen molar-refractivity contribution in [2.24, 2.45) is 0 Å². The first-order valence-electron chi connectivity index (χ1n) is 5.03. The number of aryl methyl sites for hydroxylation is 1. The highest BCUT2D eigenvalue weighted by Crippen LogP contribution is 2.09. The van der Waals surface area contributed by atoms with Crippen molar-refractivity contribution in [1.82, 2.24) is 5.48 Å². The molecular weight excluding hydrogens is 209 g/mol. The Labute approximate surface area is 94.6 Å². The summed E-state index contributed by atoms with van der Waals surface area (Å²) in [5, 5.41) is 0. The summed E-state index contributed by atoms with van der Waals surface area (Å²) in [6.07, 6.45) is 0. The van der Waals surface area contributed by atoms with E-state index in [1.54, 1.807) is 13.0 Å². The zero-order chi connectivity index (χ0) is 12.3. The maximum Gasteiger partial charge on any atom is 0.274 e. The molecule has 0 aliphatic rings. The molecule has 0 unspecified atom stereocenters. The van der Waals surface area contributed by atoms with Crippen molar-refractivity contribution in [1.29, 1.82) is 0 Å². The molecule has 0 atom stereocenters. The molecule has 0 bridgehead atoms. The maximum atomic E-state index is 13.0. The van der Waals surface area contributed by atoms with Crippen molar-refractivity contribution in [2.75, 3.05) is 0 Å². The quantitative estimate of drug-likeness (QED) is 0.786. The van der Waals surface area contributed by atoms with Crippen LogP contribution in [0.4, 0.5) is 4.39 Å². The van der Waals surface area contributed by atoms with Gasteiger partial charge in [-0.2, -0.15) is 0 Å². The number of hydroxylamine groups is 1. The molecule has 0 spiro atoms. The zero-order valence-corrected chi connectivity index (χ0v) is 9.93. The van der Waals surface area contributed by atoms with Crippen LogP contribution in [0.1, 0.15) is 36.7 Å². The van der Waals surface area contributed by atoms with Crippen molar-refractivity contribution in [3.63, 3.8) is 0 Å². The van der Waals surface area contributed by atoms with Crippen LogP contribution in [0.25, 0.3) is 0 Å². The number of carbonyl (C=O) groups is 1. The summed E-state index contributed by atoms with van der Waals surface area (Å²) < 4.78 is 13.0. The number of rotatable bonds is 2. The average molecular weight is 225 g/mol. The van der Waals surface area contributed by atoms with Crippen LogP contribution in [0.5, 0.6) is 0 Å². The van der Waals surface area contributed by atoms with E-state index < -0.39 is 17.3 Å². The number of benzene rings is 1. The van der Waals surface area contributed by atoms with Crippen LogP contribution in [-0.4, -0.2) is 11.5 Å². The summed E-state index contributed by atoms with van der Waals surface area (Å²) in [6.45, 7) is 7.16. The molecule has 3 nitrogen and oxygen atoms in total. The Bertz CT molecular complexity index is 376. The smallest absolute Gasteiger partial charge is 0.268 e. The third-order valence-electron chi connectivity index (χ3n) is 1.75. The molecule has 0 heterocycles. The SMILES string of the molecule is Cc1cc(F)cc(C(=O)NOC(C)(C)C)c1. The van der Waals surface area contributed by atoms with Crippen LogP contribution < -0.4 is 5.48 Å². The largest absolute Gasteiger partial charge is 0.274 e.